The fourth-order valence-electron chi connectivity index (χ4n) is 1.14. The van der Waals surface area contributed by atoms with Crippen LogP contribution in [0.2, 0.25) is 0 Å². The van der Waals surface area contributed by atoms with Gasteiger partial charge in [-0.3, -0.25) is 0 Å². The minimum Gasteiger partial charge on any atom is -0.455 e. The largest absolute Gasteiger partial charge is 0.455 e. The van der Waals surface area contributed by atoms with Gasteiger partial charge in [-0.1, -0.05) is 0 Å². The fraction of sp³-hybridized carbons (Fsp3) is 0.857. The Labute approximate surface area is 74.4 Å². The third kappa shape index (κ3) is 1.80. The molecule has 1 aliphatic heterocycles. The van der Waals surface area contributed by atoms with Crippen LogP contribution in [0, 0.1) is 0 Å². The average molecular weight is 192 g/mol. The van der Waals surface area contributed by atoms with Gasteiger partial charge in [-0.25, -0.2) is 4.79 Å². The first-order chi connectivity index (χ1) is 5.95. The zero-order valence-corrected chi connectivity index (χ0v) is 6.99. The third-order valence-electron chi connectivity index (χ3n) is 1.98. The minimum atomic E-state index is -1.64. The standard InChI is InChI=1S/C7H12O6/c1-2(8)3(9)6-4(10)5(11)7(12)13-6/h2-6,8-11H,1H3/t2?,3?,4-,5+,6-/m0/s1. The van der Waals surface area contributed by atoms with Gasteiger partial charge in [-0.2, -0.15) is 0 Å². The smallest absolute Gasteiger partial charge is 0.338 e. The number of ether oxygens (including phenoxy) is 1. The topological polar surface area (TPSA) is 107 Å². The van der Waals surface area contributed by atoms with E-state index in [2.05, 4.69) is 4.74 Å². The Morgan fingerprint density at radius 1 is 1.38 bits per heavy atom. The number of hydrogen-bond donors (Lipinski definition) is 4. The molecule has 6 heteroatoms. The van der Waals surface area contributed by atoms with E-state index in [4.69, 9.17) is 10.2 Å². The summed E-state index contributed by atoms with van der Waals surface area (Å²) in [4.78, 5) is 10.7. The first kappa shape index (κ1) is 10.4. The second kappa shape index (κ2) is 3.59. The average Bonchev–Trinajstić information content (AvgIpc) is 2.31. The lowest BCUT2D eigenvalue weighted by Crippen LogP contribution is -2.43. The van der Waals surface area contributed by atoms with Gasteiger partial charge in [0.15, 0.2) is 12.2 Å². The van der Waals surface area contributed by atoms with Gasteiger partial charge < -0.3 is 25.2 Å². The Morgan fingerprint density at radius 3 is 2.23 bits per heavy atom. The summed E-state index contributed by atoms with van der Waals surface area (Å²) in [5.74, 6) is -0.989. The van der Waals surface area contributed by atoms with Crippen LogP contribution in [0.3, 0.4) is 0 Å². The van der Waals surface area contributed by atoms with E-state index in [0.717, 1.165) is 0 Å². The summed E-state index contributed by atoms with van der Waals surface area (Å²) >= 11 is 0. The summed E-state index contributed by atoms with van der Waals surface area (Å²) in [6.45, 7) is 1.29. The van der Waals surface area contributed by atoms with Crippen molar-refractivity contribution in [3.63, 3.8) is 0 Å². The first-order valence-electron chi connectivity index (χ1n) is 3.88. The quantitative estimate of drug-likeness (QED) is 0.357. The van der Waals surface area contributed by atoms with Crippen molar-refractivity contribution in [3.05, 3.63) is 0 Å². The van der Waals surface area contributed by atoms with Gasteiger partial charge in [-0.05, 0) is 6.92 Å². The molecule has 5 atom stereocenters. The van der Waals surface area contributed by atoms with Crippen LogP contribution in [0.5, 0.6) is 0 Å². The first-order valence-corrected chi connectivity index (χ1v) is 3.88. The van der Waals surface area contributed by atoms with E-state index < -0.39 is 36.5 Å². The second-order valence-corrected chi connectivity index (χ2v) is 3.07. The molecule has 0 aromatic heterocycles. The molecule has 1 rings (SSSR count). The summed E-state index contributed by atoms with van der Waals surface area (Å²) in [7, 11) is 0. The summed E-state index contributed by atoms with van der Waals surface area (Å²) in [5.41, 5.74) is 0. The van der Waals surface area contributed by atoms with Gasteiger partial charge >= 0.3 is 5.97 Å². The van der Waals surface area contributed by atoms with E-state index in [0.29, 0.717) is 0 Å². The van der Waals surface area contributed by atoms with Crippen LogP contribution < -0.4 is 0 Å². The van der Waals surface area contributed by atoms with Gasteiger partial charge in [-0.15, -0.1) is 0 Å². The molecule has 0 aromatic rings. The van der Waals surface area contributed by atoms with Gasteiger partial charge in [0.25, 0.3) is 0 Å². The number of aliphatic hydroxyl groups excluding tert-OH is 4. The third-order valence-corrected chi connectivity index (χ3v) is 1.98. The Kier molecular flexibility index (Phi) is 2.87. The summed E-state index contributed by atoms with van der Waals surface area (Å²) < 4.78 is 4.46. The van der Waals surface area contributed by atoms with E-state index in [1.165, 1.54) is 6.92 Å². The van der Waals surface area contributed by atoms with E-state index in [-0.39, 0.29) is 0 Å². The van der Waals surface area contributed by atoms with Crippen molar-refractivity contribution < 1.29 is 30.0 Å². The van der Waals surface area contributed by atoms with Gasteiger partial charge in [0.05, 0.1) is 6.10 Å². The van der Waals surface area contributed by atoms with Crippen LogP contribution in [0.15, 0.2) is 0 Å². The normalized spacial score (nSPS) is 38.5. The number of hydrogen-bond acceptors (Lipinski definition) is 6. The van der Waals surface area contributed by atoms with Crippen molar-refractivity contribution in [2.45, 2.75) is 37.4 Å². The van der Waals surface area contributed by atoms with Crippen LogP contribution in [0.4, 0.5) is 0 Å². The zero-order valence-electron chi connectivity index (χ0n) is 6.99. The lowest BCUT2D eigenvalue weighted by molar-refractivity contribution is -0.153. The number of carbonyl (C=O) groups excluding carboxylic acids is 1. The van der Waals surface area contributed by atoms with Gasteiger partial charge in [0, 0.05) is 0 Å². The molecular weight excluding hydrogens is 180 g/mol. The van der Waals surface area contributed by atoms with Gasteiger partial charge in [0.2, 0.25) is 0 Å². The Bertz CT molecular complexity index is 203. The highest BCUT2D eigenvalue weighted by atomic mass is 16.6. The highest BCUT2D eigenvalue weighted by Crippen LogP contribution is 2.20. The molecule has 1 saturated heterocycles. The fourth-order valence-corrected chi connectivity index (χ4v) is 1.14. The molecular formula is C7H12O6. The monoisotopic (exact) mass is 192 g/mol. The number of rotatable bonds is 2. The molecule has 0 bridgehead atoms. The zero-order chi connectivity index (χ0) is 10.2. The van der Waals surface area contributed by atoms with Crippen molar-refractivity contribution in [1.29, 1.82) is 0 Å². The molecule has 1 aliphatic rings. The highest BCUT2D eigenvalue weighted by Gasteiger charge is 2.47. The molecule has 2 unspecified atom stereocenters. The molecule has 6 nitrogen and oxygen atoms in total. The van der Waals surface area contributed by atoms with E-state index in [9.17, 15) is 15.0 Å². The molecule has 0 aliphatic carbocycles. The van der Waals surface area contributed by atoms with E-state index in [1.807, 2.05) is 0 Å². The molecule has 0 saturated carbocycles. The van der Waals surface area contributed by atoms with Crippen molar-refractivity contribution in [3.8, 4) is 0 Å². The maximum atomic E-state index is 10.7. The van der Waals surface area contributed by atoms with Crippen LogP contribution in [0.1, 0.15) is 6.92 Å². The summed E-state index contributed by atoms with van der Waals surface area (Å²) in [6, 6.07) is 0. The van der Waals surface area contributed by atoms with Crippen molar-refractivity contribution >= 4 is 5.97 Å². The maximum absolute atomic E-state index is 10.7. The highest BCUT2D eigenvalue weighted by molar-refractivity contribution is 5.77. The van der Waals surface area contributed by atoms with Crippen LogP contribution in [0.25, 0.3) is 0 Å². The molecule has 1 fully saturated rings. The Balaban J connectivity index is 2.68. The van der Waals surface area contributed by atoms with Crippen molar-refractivity contribution in [1.82, 2.24) is 0 Å². The van der Waals surface area contributed by atoms with Crippen LogP contribution >= 0.6 is 0 Å². The SMILES string of the molecule is CC(O)C(O)[C@@H]1OC(=O)[C@H](O)[C@@H]1O. The lowest BCUT2D eigenvalue weighted by atomic mass is 10.0. The molecule has 13 heavy (non-hydrogen) atoms. The predicted molar refractivity (Wildman–Crippen MR) is 39.6 cm³/mol. The van der Waals surface area contributed by atoms with Crippen LogP contribution in [-0.4, -0.2) is 56.9 Å². The van der Waals surface area contributed by atoms with Crippen molar-refractivity contribution in [2.24, 2.45) is 0 Å². The number of carbonyl (C=O) groups is 1. The summed E-state index contributed by atoms with van der Waals surface area (Å²) in [6.07, 6.45) is -6.92. The minimum absolute atomic E-state index is 0.989. The maximum Gasteiger partial charge on any atom is 0.338 e. The lowest BCUT2D eigenvalue weighted by Gasteiger charge is -2.21. The molecule has 0 aromatic carbocycles. The molecule has 76 valence electrons. The number of cyclic esters (lactones) is 1. The predicted octanol–water partition coefficient (Wildman–Crippen LogP) is -2.62. The molecule has 0 radical (unpaired) electrons. The molecule has 0 spiro atoms. The van der Waals surface area contributed by atoms with Gasteiger partial charge in [0.1, 0.15) is 12.2 Å². The molecule has 4 N–H and O–H groups in total. The van der Waals surface area contributed by atoms with E-state index in [1.54, 1.807) is 0 Å². The van der Waals surface area contributed by atoms with Crippen LogP contribution in [-0.2, 0) is 9.53 Å². The summed E-state index contributed by atoms with van der Waals surface area (Å²) in [5, 5.41) is 36.3. The Hall–Kier alpha value is -0.690. The molecule has 0 amide bonds. The molecule has 1 heterocycles. The number of esters is 1. The van der Waals surface area contributed by atoms with E-state index >= 15 is 0 Å². The second-order valence-electron chi connectivity index (χ2n) is 3.07. The number of aliphatic hydroxyl groups is 4. The van der Waals surface area contributed by atoms with Crippen molar-refractivity contribution in [2.75, 3.05) is 0 Å². The Morgan fingerprint density at radius 2 is 1.92 bits per heavy atom.